The van der Waals surface area contributed by atoms with Gasteiger partial charge in [-0.3, -0.25) is 0 Å². The first-order valence-corrected chi connectivity index (χ1v) is 8.58. The topological polar surface area (TPSA) is 24.9 Å². The van der Waals surface area contributed by atoms with Gasteiger partial charge >= 0.3 is 0 Å². The minimum atomic E-state index is 0.352. The van der Waals surface area contributed by atoms with E-state index in [1.54, 1.807) is 23.1 Å². The SMILES string of the molecule is CCc1cnc(CNC(C)c2ccc(SC)cc2)s1. The summed E-state index contributed by atoms with van der Waals surface area (Å²) in [6.45, 7) is 5.21. The fourth-order valence-electron chi connectivity index (χ4n) is 1.84. The van der Waals surface area contributed by atoms with E-state index in [0.29, 0.717) is 6.04 Å². The van der Waals surface area contributed by atoms with Crippen molar-refractivity contribution in [1.29, 1.82) is 0 Å². The molecule has 2 rings (SSSR count). The van der Waals surface area contributed by atoms with Crippen molar-refractivity contribution >= 4 is 23.1 Å². The van der Waals surface area contributed by atoms with Crippen LogP contribution in [-0.4, -0.2) is 11.2 Å². The van der Waals surface area contributed by atoms with Crippen molar-refractivity contribution in [2.24, 2.45) is 0 Å². The molecule has 19 heavy (non-hydrogen) atoms. The second-order valence-corrected chi connectivity index (χ2v) is 6.53. The Morgan fingerprint density at radius 1 is 1.32 bits per heavy atom. The molecule has 1 aromatic heterocycles. The van der Waals surface area contributed by atoms with Crippen molar-refractivity contribution in [2.45, 2.75) is 37.8 Å². The van der Waals surface area contributed by atoms with E-state index in [9.17, 15) is 0 Å². The van der Waals surface area contributed by atoms with Crippen molar-refractivity contribution in [3.05, 3.63) is 45.9 Å². The molecule has 0 spiro atoms. The average Bonchev–Trinajstić information content (AvgIpc) is 2.93. The van der Waals surface area contributed by atoms with Crippen LogP contribution in [0.5, 0.6) is 0 Å². The molecule has 1 heterocycles. The van der Waals surface area contributed by atoms with Crippen LogP contribution in [0.4, 0.5) is 0 Å². The Hall–Kier alpha value is -0.840. The van der Waals surface area contributed by atoms with E-state index in [1.807, 2.05) is 6.20 Å². The van der Waals surface area contributed by atoms with E-state index in [2.05, 4.69) is 54.7 Å². The van der Waals surface area contributed by atoms with Gasteiger partial charge in [0, 0.05) is 28.6 Å². The summed E-state index contributed by atoms with van der Waals surface area (Å²) in [5.74, 6) is 0. The molecule has 4 heteroatoms. The molecule has 0 saturated carbocycles. The summed E-state index contributed by atoms with van der Waals surface area (Å²) in [4.78, 5) is 7.10. The van der Waals surface area contributed by atoms with Crippen molar-refractivity contribution < 1.29 is 0 Å². The molecule has 2 nitrogen and oxygen atoms in total. The van der Waals surface area contributed by atoms with Gasteiger partial charge in [-0.1, -0.05) is 19.1 Å². The Labute approximate surface area is 123 Å². The molecule has 0 amide bonds. The van der Waals surface area contributed by atoms with Crippen molar-refractivity contribution in [3.8, 4) is 0 Å². The zero-order chi connectivity index (χ0) is 13.7. The highest BCUT2D eigenvalue weighted by molar-refractivity contribution is 7.98. The predicted molar refractivity (Wildman–Crippen MR) is 85.0 cm³/mol. The summed E-state index contributed by atoms with van der Waals surface area (Å²) in [5, 5.41) is 4.70. The highest BCUT2D eigenvalue weighted by Gasteiger charge is 2.06. The fraction of sp³-hybridized carbons (Fsp3) is 0.400. The standard InChI is InChI=1S/C15H20N2S2/c1-4-13-9-17-15(19-13)10-16-11(2)12-5-7-14(18-3)8-6-12/h5-9,11,16H,4,10H2,1-3H3. The third kappa shape index (κ3) is 4.06. The van der Waals surface area contributed by atoms with Crippen LogP contribution in [0.1, 0.15) is 35.3 Å². The number of nitrogens with one attached hydrogen (secondary N) is 1. The Balaban J connectivity index is 1.90. The molecular formula is C15H20N2S2. The molecule has 1 N–H and O–H groups in total. The molecule has 2 aromatic rings. The summed E-state index contributed by atoms with van der Waals surface area (Å²) in [6, 6.07) is 9.10. The fourth-order valence-corrected chi connectivity index (χ4v) is 3.07. The number of thiazole rings is 1. The number of hydrogen-bond donors (Lipinski definition) is 1. The van der Waals surface area contributed by atoms with Gasteiger partial charge in [0.25, 0.3) is 0 Å². The van der Waals surface area contributed by atoms with Gasteiger partial charge in [0.05, 0.1) is 0 Å². The van der Waals surface area contributed by atoms with Gasteiger partial charge in [0.2, 0.25) is 0 Å². The lowest BCUT2D eigenvalue weighted by Crippen LogP contribution is -2.17. The smallest absolute Gasteiger partial charge is 0.107 e. The van der Waals surface area contributed by atoms with E-state index in [1.165, 1.54) is 20.3 Å². The molecule has 0 fully saturated rings. The monoisotopic (exact) mass is 292 g/mol. The number of aryl methyl sites for hydroxylation is 1. The second-order valence-electron chi connectivity index (χ2n) is 4.45. The predicted octanol–water partition coefficient (Wildman–Crippen LogP) is 4.28. The number of benzene rings is 1. The lowest BCUT2D eigenvalue weighted by molar-refractivity contribution is 0.573. The molecule has 1 atom stereocenters. The Bertz CT molecular complexity index is 505. The first-order chi connectivity index (χ1) is 9.22. The number of rotatable bonds is 6. The van der Waals surface area contributed by atoms with Gasteiger partial charge in [-0.05, 0) is 37.3 Å². The van der Waals surface area contributed by atoms with E-state index >= 15 is 0 Å². The van der Waals surface area contributed by atoms with Gasteiger partial charge in [0.1, 0.15) is 5.01 Å². The molecule has 0 bridgehead atoms. The minimum absolute atomic E-state index is 0.352. The maximum atomic E-state index is 4.43. The molecule has 0 saturated heterocycles. The Morgan fingerprint density at radius 3 is 2.63 bits per heavy atom. The second kappa shape index (κ2) is 7.08. The summed E-state index contributed by atoms with van der Waals surface area (Å²) in [6.07, 6.45) is 5.16. The van der Waals surface area contributed by atoms with Crippen molar-refractivity contribution in [3.63, 3.8) is 0 Å². The van der Waals surface area contributed by atoms with Crippen LogP contribution in [0.25, 0.3) is 0 Å². The zero-order valence-corrected chi connectivity index (χ0v) is 13.3. The molecule has 0 aliphatic heterocycles. The van der Waals surface area contributed by atoms with Gasteiger partial charge in [-0.25, -0.2) is 4.98 Å². The number of hydrogen-bond acceptors (Lipinski definition) is 4. The molecule has 1 unspecified atom stereocenters. The normalized spacial score (nSPS) is 12.6. The van der Waals surface area contributed by atoms with E-state index in [0.717, 1.165) is 13.0 Å². The first kappa shape index (κ1) is 14.6. The summed E-state index contributed by atoms with van der Waals surface area (Å²) < 4.78 is 0. The van der Waals surface area contributed by atoms with Crippen LogP contribution in [0.2, 0.25) is 0 Å². The van der Waals surface area contributed by atoms with E-state index in [4.69, 9.17) is 0 Å². The van der Waals surface area contributed by atoms with E-state index < -0.39 is 0 Å². The highest BCUT2D eigenvalue weighted by Crippen LogP contribution is 2.20. The third-order valence-corrected chi connectivity index (χ3v) is 5.01. The Morgan fingerprint density at radius 2 is 2.05 bits per heavy atom. The minimum Gasteiger partial charge on any atom is -0.304 e. The summed E-state index contributed by atoms with van der Waals surface area (Å²) in [7, 11) is 0. The lowest BCUT2D eigenvalue weighted by atomic mass is 10.1. The van der Waals surface area contributed by atoms with Crippen LogP contribution < -0.4 is 5.32 Å². The van der Waals surface area contributed by atoms with Crippen LogP contribution >= 0.6 is 23.1 Å². The molecule has 0 aliphatic rings. The number of nitrogens with zero attached hydrogens (tertiary/aromatic N) is 1. The third-order valence-electron chi connectivity index (χ3n) is 3.13. The van der Waals surface area contributed by atoms with Gasteiger partial charge < -0.3 is 5.32 Å². The molecule has 102 valence electrons. The van der Waals surface area contributed by atoms with Gasteiger partial charge in [-0.15, -0.1) is 23.1 Å². The lowest BCUT2D eigenvalue weighted by Gasteiger charge is -2.13. The van der Waals surface area contributed by atoms with Gasteiger partial charge in [0.15, 0.2) is 0 Å². The zero-order valence-electron chi connectivity index (χ0n) is 11.6. The van der Waals surface area contributed by atoms with Crippen molar-refractivity contribution in [1.82, 2.24) is 10.3 Å². The molecular weight excluding hydrogens is 272 g/mol. The average molecular weight is 292 g/mol. The Kier molecular flexibility index (Phi) is 5.43. The maximum Gasteiger partial charge on any atom is 0.107 e. The highest BCUT2D eigenvalue weighted by atomic mass is 32.2. The number of thioether (sulfide) groups is 1. The first-order valence-electron chi connectivity index (χ1n) is 6.53. The maximum absolute atomic E-state index is 4.43. The summed E-state index contributed by atoms with van der Waals surface area (Å²) in [5.41, 5.74) is 1.32. The van der Waals surface area contributed by atoms with Crippen LogP contribution in [0, 0.1) is 0 Å². The summed E-state index contributed by atoms with van der Waals surface area (Å²) >= 11 is 3.58. The largest absolute Gasteiger partial charge is 0.304 e. The van der Waals surface area contributed by atoms with Crippen LogP contribution in [-0.2, 0) is 13.0 Å². The van der Waals surface area contributed by atoms with Crippen LogP contribution in [0.15, 0.2) is 35.4 Å². The molecule has 0 aliphatic carbocycles. The quantitative estimate of drug-likeness (QED) is 0.804. The molecule has 1 aromatic carbocycles. The van der Waals surface area contributed by atoms with Crippen LogP contribution in [0.3, 0.4) is 0 Å². The van der Waals surface area contributed by atoms with Crippen molar-refractivity contribution in [2.75, 3.05) is 6.26 Å². The van der Waals surface area contributed by atoms with Gasteiger partial charge in [-0.2, -0.15) is 0 Å². The number of aromatic nitrogens is 1. The molecule has 0 radical (unpaired) electrons. The van der Waals surface area contributed by atoms with E-state index in [-0.39, 0.29) is 0 Å².